The summed E-state index contributed by atoms with van der Waals surface area (Å²) in [5.74, 6) is -3.57. The number of fused-ring (bicyclic) bond motifs is 4. The minimum absolute atomic E-state index is 0.237. The van der Waals surface area contributed by atoms with Gasteiger partial charge in [-0.2, -0.15) is 0 Å². The number of halogens is 2. The van der Waals surface area contributed by atoms with Crippen LogP contribution in [0.15, 0.2) is 29.8 Å². The van der Waals surface area contributed by atoms with Crippen molar-refractivity contribution in [3.63, 3.8) is 0 Å². The molecule has 2 heterocycles. The van der Waals surface area contributed by atoms with Gasteiger partial charge < -0.3 is 28.8 Å². The van der Waals surface area contributed by atoms with Crippen molar-refractivity contribution in [1.29, 1.82) is 0 Å². The first kappa shape index (κ1) is 41.5. The molecular formula is C39H54ClFN2O11. The lowest BCUT2D eigenvalue weighted by Crippen LogP contribution is -2.66. The van der Waals surface area contributed by atoms with Crippen molar-refractivity contribution in [2.24, 2.45) is 23.7 Å². The van der Waals surface area contributed by atoms with Crippen molar-refractivity contribution in [3.05, 3.63) is 40.4 Å². The lowest BCUT2D eigenvalue weighted by atomic mass is 9.56. The molecule has 15 heteroatoms. The maximum absolute atomic E-state index is 14.9. The van der Waals surface area contributed by atoms with Gasteiger partial charge in [-0.05, 0) is 90.7 Å². The van der Waals surface area contributed by atoms with Crippen LogP contribution in [0.4, 0.5) is 19.7 Å². The number of hydrogen-bond donors (Lipinski definition) is 1. The molecule has 13 nitrogen and oxygen atoms in total. The average molecular weight is 781 g/mol. The number of amides is 1. The number of rotatable bonds is 6. The molecule has 300 valence electrons. The molecule has 2 fully saturated rings. The fourth-order valence-corrected chi connectivity index (χ4v) is 8.78. The zero-order chi connectivity index (χ0) is 40.3. The van der Waals surface area contributed by atoms with E-state index in [2.05, 4.69) is 0 Å². The van der Waals surface area contributed by atoms with E-state index in [4.69, 9.17) is 40.1 Å². The summed E-state index contributed by atoms with van der Waals surface area (Å²) in [6.45, 7) is 15.8. The highest BCUT2D eigenvalue weighted by Gasteiger charge is 2.67. The van der Waals surface area contributed by atoms with E-state index in [-0.39, 0.29) is 10.9 Å². The summed E-state index contributed by atoms with van der Waals surface area (Å²) >= 11 is 6.67. The Hall–Kier alpha value is -3.62. The highest BCUT2D eigenvalue weighted by molar-refractivity contribution is 6.33. The van der Waals surface area contributed by atoms with Crippen molar-refractivity contribution < 1.29 is 57.2 Å². The Labute approximate surface area is 321 Å². The van der Waals surface area contributed by atoms with E-state index in [0.29, 0.717) is 29.7 Å². The summed E-state index contributed by atoms with van der Waals surface area (Å²) in [4.78, 5) is 62.5. The number of hydroxylamine groups is 1. The van der Waals surface area contributed by atoms with Crippen LogP contribution in [-0.4, -0.2) is 89.2 Å². The van der Waals surface area contributed by atoms with Crippen LogP contribution < -0.4 is 5.06 Å². The summed E-state index contributed by atoms with van der Waals surface area (Å²) in [7, 11) is 1.55. The molecule has 1 saturated carbocycles. The van der Waals surface area contributed by atoms with Crippen LogP contribution in [-0.2, 0) is 43.7 Å². The Bertz CT molecular complexity index is 1680. The maximum atomic E-state index is 14.9. The van der Waals surface area contributed by atoms with Crippen LogP contribution in [0.2, 0.25) is 5.02 Å². The molecule has 0 bridgehead atoms. The molecule has 54 heavy (non-hydrogen) atoms. The van der Waals surface area contributed by atoms with Gasteiger partial charge in [0.2, 0.25) is 6.23 Å². The number of alkyl halides is 1. The normalized spacial score (nSPS) is 32.6. The van der Waals surface area contributed by atoms with Crippen LogP contribution >= 0.6 is 11.6 Å². The van der Waals surface area contributed by atoms with Crippen molar-refractivity contribution in [3.8, 4) is 0 Å². The zero-order valence-electron chi connectivity index (χ0n) is 32.9. The van der Waals surface area contributed by atoms with Gasteiger partial charge in [-0.15, -0.1) is 0 Å². The number of aliphatic hydroxyl groups is 1. The smallest absolute Gasteiger partial charge is 0.454 e. The van der Waals surface area contributed by atoms with Crippen LogP contribution in [0, 0.1) is 23.7 Å². The number of benzene rings is 1. The van der Waals surface area contributed by atoms with E-state index < -0.39 is 102 Å². The third kappa shape index (κ3) is 7.62. The van der Waals surface area contributed by atoms with E-state index >= 15 is 0 Å². The molecule has 2 aliphatic carbocycles. The standard InChI is InChI=1S/C39H54ClFN2O11/c1-20-17-26-24(21(2)19-41)16-15-22(3)39(26,48)31(30(20)49-23(4)44)50-32(45)28-18-38(53-35(47)52-37(8,9)10)25-13-12-14-27(40)29(25)42(11)54-33(38)43(28)34(46)51-36(5,6)7/h12-14,17,21-22,24,26,28,30-31,33,48H,15-16,18-19H2,1-11H3/t21?,22-,24+,26-,28+,30-,31+,33-,38-,39-/m1/s1. The largest absolute Gasteiger partial charge is 0.509 e. The van der Waals surface area contributed by atoms with Gasteiger partial charge in [0.25, 0.3) is 0 Å². The van der Waals surface area contributed by atoms with E-state index in [1.54, 1.807) is 86.7 Å². The molecular weight excluding hydrogens is 727 g/mol. The Kier molecular flexibility index (Phi) is 11.4. The zero-order valence-corrected chi connectivity index (χ0v) is 33.7. The topological polar surface area (TPSA) is 150 Å². The predicted octanol–water partition coefficient (Wildman–Crippen LogP) is 7.01. The highest BCUT2D eigenvalue weighted by atomic mass is 35.5. The van der Waals surface area contributed by atoms with E-state index in [1.807, 2.05) is 6.92 Å². The van der Waals surface area contributed by atoms with E-state index in [1.165, 1.54) is 12.0 Å². The molecule has 0 spiro atoms. The Balaban J connectivity index is 1.66. The molecule has 2 aliphatic heterocycles. The van der Waals surface area contributed by atoms with Crippen LogP contribution in [0.5, 0.6) is 0 Å². The Morgan fingerprint density at radius 2 is 1.72 bits per heavy atom. The predicted molar refractivity (Wildman–Crippen MR) is 195 cm³/mol. The third-order valence-electron chi connectivity index (χ3n) is 10.9. The van der Waals surface area contributed by atoms with Crippen molar-refractivity contribution in [2.75, 3.05) is 18.8 Å². The van der Waals surface area contributed by atoms with Crippen LogP contribution in [0.1, 0.15) is 94.1 Å². The SMILES string of the molecule is CC(=O)O[C@@H]1C(C)=C[C@@H]2[C@H](C(C)CF)CC[C@@H](C)[C@]2(O)[C@H]1OC(=O)[C@@H]1C[C@@]2(OC(=O)OC(C)(C)C)c3cccc(Cl)c3N(C)O[C@H]2N1C(=O)OC(C)(C)C. The molecule has 1 aromatic rings. The first-order valence-electron chi connectivity index (χ1n) is 18.4. The molecule has 10 atom stereocenters. The van der Waals surface area contributed by atoms with Crippen molar-refractivity contribution in [2.45, 2.75) is 135 Å². The Morgan fingerprint density at radius 1 is 1.07 bits per heavy atom. The summed E-state index contributed by atoms with van der Waals surface area (Å²) in [6.07, 6.45) is -3.78. The second-order valence-electron chi connectivity index (χ2n) is 17.1. The fourth-order valence-electron chi connectivity index (χ4n) is 8.49. The first-order chi connectivity index (χ1) is 24.9. The van der Waals surface area contributed by atoms with Crippen molar-refractivity contribution in [1.82, 2.24) is 4.90 Å². The molecule has 0 radical (unpaired) electrons. The van der Waals surface area contributed by atoms with E-state index in [9.17, 15) is 28.7 Å². The third-order valence-corrected chi connectivity index (χ3v) is 11.2. The number of carbonyl (C=O) groups is 4. The van der Waals surface area contributed by atoms with Gasteiger partial charge in [0.15, 0.2) is 17.8 Å². The summed E-state index contributed by atoms with van der Waals surface area (Å²) < 4.78 is 43.8. The molecule has 0 aromatic heterocycles. The minimum atomic E-state index is -1.90. The molecule has 4 aliphatic rings. The number of hydrogen-bond acceptors (Lipinski definition) is 12. The first-order valence-corrected chi connectivity index (χ1v) is 18.8. The highest BCUT2D eigenvalue weighted by Crippen LogP contribution is 2.56. The summed E-state index contributed by atoms with van der Waals surface area (Å²) in [5, 5.41) is 14.3. The van der Waals surface area contributed by atoms with Gasteiger partial charge in [0.1, 0.15) is 22.8 Å². The average Bonchev–Trinajstić information content (AvgIpc) is 3.37. The minimum Gasteiger partial charge on any atom is -0.454 e. The number of ether oxygens (including phenoxy) is 5. The van der Waals surface area contributed by atoms with Crippen LogP contribution in [0.25, 0.3) is 0 Å². The lowest BCUT2D eigenvalue weighted by Gasteiger charge is -2.55. The van der Waals surface area contributed by atoms with Crippen molar-refractivity contribution >= 4 is 41.5 Å². The molecule has 5 rings (SSSR count). The second-order valence-corrected chi connectivity index (χ2v) is 17.5. The molecule has 1 unspecified atom stereocenters. The number of para-hydroxylation sites is 1. The lowest BCUT2D eigenvalue weighted by molar-refractivity contribution is -0.227. The molecule has 1 saturated heterocycles. The van der Waals surface area contributed by atoms with Gasteiger partial charge in [-0.25, -0.2) is 19.2 Å². The Morgan fingerprint density at radius 3 is 2.31 bits per heavy atom. The monoisotopic (exact) mass is 780 g/mol. The summed E-state index contributed by atoms with van der Waals surface area (Å²) in [5.41, 5.74) is -4.56. The molecule has 1 amide bonds. The van der Waals surface area contributed by atoms with Gasteiger partial charge in [0.05, 0.1) is 17.4 Å². The maximum Gasteiger partial charge on any atom is 0.509 e. The fraction of sp³-hybridized carbons (Fsp3) is 0.692. The number of anilines is 1. The van der Waals surface area contributed by atoms with Crippen LogP contribution in [0.3, 0.4) is 0 Å². The number of likely N-dealkylation sites (tertiary alicyclic amines) is 1. The van der Waals surface area contributed by atoms with Gasteiger partial charge in [-0.1, -0.05) is 43.7 Å². The summed E-state index contributed by atoms with van der Waals surface area (Å²) in [6, 6.07) is 3.34. The van der Waals surface area contributed by atoms with E-state index in [0.717, 1.165) is 4.90 Å². The van der Waals surface area contributed by atoms with Gasteiger partial charge in [-0.3, -0.25) is 19.1 Å². The molecule has 1 aromatic carbocycles. The number of carbonyl (C=O) groups excluding carboxylic acids is 4. The van der Waals surface area contributed by atoms with Gasteiger partial charge in [0, 0.05) is 31.9 Å². The number of esters is 2. The quantitative estimate of drug-likeness (QED) is 0.180. The number of nitrogens with zero attached hydrogens (tertiary/aromatic N) is 2. The second kappa shape index (κ2) is 14.8. The molecule has 1 N–H and O–H groups in total. The van der Waals surface area contributed by atoms with Gasteiger partial charge >= 0.3 is 24.2 Å².